The van der Waals surface area contributed by atoms with Crippen LogP contribution < -0.4 is 5.32 Å². The van der Waals surface area contributed by atoms with E-state index >= 15 is 0 Å². The maximum absolute atomic E-state index is 12.6. The van der Waals surface area contributed by atoms with Crippen LogP contribution in [0.25, 0.3) is 10.6 Å². The molecule has 0 unspecified atom stereocenters. The number of nitrogens with one attached hydrogen (secondary N) is 1. The van der Waals surface area contributed by atoms with Crippen molar-refractivity contribution in [3.8, 4) is 10.6 Å². The lowest BCUT2D eigenvalue weighted by atomic mass is 9.86. The minimum atomic E-state index is -0.301. The van der Waals surface area contributed by atoms with Crippen molar-refractivity contribution in [3.63, 3.8) is 0 Å². The second kappa shape index (κ2) is 6.55. The van der Waals surface area contributed by atoms with Crippen LogP contribution in [0, 0.1) is 0 Å². The predicted octanol–water partition coefficient (Wildman–Crippen LogP) is 3.44. The first kappa shape index (κ1) is 16.6. The Balaban J connectivity index is 1.37. The molecule has 1 saturated heterocycles. The zero-order chi connectivity index (χ0) is 18.3. The van der Waals surface area contributed by atoms with Gasteiger partial charge in [0.15, 0.2) is 0 Å². The molecule has 0 aliphatic carbocycles. The van der Waals surface area contributed by atoms with E-state index in [4.69, 9.17) is 4.98 Å². The number of amides is 1. The molecule has 27 heavy (non-hydrogen) atoms. The van der Waals surface area contributed by atoms with Crippen molar-refractivity contribution in [2.45, 2.75) is 24.9 Å². The molecule has 0 radical (unpaired) electrons. The molecule has 2 aliphatic heterocycles. The lowest BCUT2D eigenvalue weighted by Crippen LogP contribution is -2.49. The van der Waals surface area contributed by atoms with Crippen molar-refractivity contribution in [2.75, 3.05) is 13.1 Å². The van der Waals surface area contributed by atoms with Crippen molar-refractivity contribution in [1.29, 1.82) is 0 Å². The molecule has 1 fully saturated rings. The SMILES string of the molecule is O=C1NC2(CCN(Cc3ccncc3)CC2)c2nc(-c3ccccc3)sc21. The molecule has 4 heterocycles. The largest absolute Gasteiger partial charge is 0.340 e. The number of rotatable bonds is 3. The first-order valence-electron chi connectivity index (χ1n) is 9.24. The lowest BCUT2D eigenvalue weighted by molar-refractivity contribution is 0.0854. The van der Waals surface area contributed by atoms with Gasteiger partial charge in [-0.2, -0.15) is 0 Å². The zero-order valence-electron chi connectivity index (χ0n) is 14.9. The third-order valence-corrected chi connectivity index (χ3v) is 6.63. The van der Waals surface area contributed by atoms with Gasteiger partial charge >= 0.3 is 0 Å². The van der Waals surface area contributed by atoms with Crippen molar-refractivity contribution in [2.24, 2.45) is 0 Å². The molecule has 1 N–H and O–H groups in total. The van der Waals surface area contributed by atoms with Crippen LogP contribution in [0.15, 0.2) is 54.9 Å². The van der Waals surface area contributed by atoms with Crippen molar-refractivity contribution in [3.05, 3.63) is 71.0 Å². The van der Waals surface area contributed by atoms with Crippen molar-refractivity contribution >= 4 is 17.2 Å². The van der Waals surface area contributed by atoms with Gasteiger partial charge in [-0.25, -0.2) is 4.98 Å². The number of carbonyl (C=O) groups excluding carboxylic acids is 1. The molecule has 5 rings (SSSR count). The molecule has 2 aromatic heterocycles. The van der Waals surface area contributed by atoms with Crippen molar-refractivity contribution < 1.29 is 4.79 Å². The van der Waals surface area contributed by atoms with E-state index < -0.39 is 0 Å². The van der Waals surface area contributed by atoms with Gasteiger partial charge in [-0.1, -0.05) is 30.3 Å². The van der Waals surface area contributed by atoms with Gasteiger partial charge in [-0.05, 0) is 30.5 Å². The van der Waals surface area contributed by atoms with Crippen LogP contribution >= 0.6 is 11.3 Å². The molecule has 6 heteroatoms. The van der Waals surface area contributed by atoms with Crippen LogP contribution in [0.4, 0.5) is 0 Å². The van der Waals surface area contributed by atoms with Gasteiger partial charge in [-0.3, -0.25) is 14.7 Å². The molecule has 1 amide bonds. The highest BCUT2D eigenvalue weighted by Gasteiger charge is 2.47. The Hall–Kier alpha value is -2.57. The summed E-state index contributed by atoms with van der Waals surface area (Å²) in [7, 11) is 0. The zero-order valence-corrected chi connectivity index (χ0v) is 15.7. The highest BCUT2D eigenvalue weighted by molar-refractivity contribution is 7.17. The van der Waals surface area contributed by atoms with Gasteiger partial charge in [0.1, 0.15) is 9.88 Å². The Morgan fingerprint density at radius 1 is 1.07 bits per heavy atom. The maximum Gasteiger partial charge on any atom is 0.264 e. The molecule has 136 valence electrons. The van der Waals surface area contributed by atoms with Gasteiger partial charge in [0, 0.05) is 37.6 Å². The molecular formula is C21H20N4OS. The Morgan fingerprint density at radius 2 is 1.81 bits per heavy atom. The second-order valence-corrected chi connectivity index (χ2v) is 8.23. The monoisotopic (exact) mass is 376 g/mol. The number of hydrogen-bond acceptors (Lipinski definition) is 5. The van der Waals surface area contributed by atoms with E-state index in [9.17, 15) is 4.79 Å². The maximum atomic E-state index is 12.6. The number of aromatic nitrogens is 2. The summed E-state index contributed by atoms with van der Waals surface area (Å²) in [5.41, 5.74) is 3.01. The Morgan fingerprint density at radius 3 is 2.56 bits per heavy atom. The Bertz CT molecular complexity index is 962. The first-order valence-corrected chi connectivity index (χ1v) is 10.1. The van der Waals surface area contributed by atoms with E-state index in [1.54, 1.807) is 0 Å². The summed E-state index contributed by atoms with van der Waals surface area (Å²) in [4.78, 5) is 24.8. The molecule has 2 aliphatic rings. The molecule has 1 aromatic carbocycles. The Kier molecular flexibility index (Phi) is 4.02. The number of hydrogen-bond donors (Lipinski definition) is 1. The average Bonchev–Trinajstić information content (AvgIpc) is 3.26. The lowest BCUT2D eigenvalue weighted by Gasteiger charge is -2.39. The highest BCUT2D eigenvalue weighted by Crippen LogP contribution is 2.43. The molecule has 5 nitrogen and oxygen atoms in total. The molecule has 0 bridgehead atoms. The van der Waals surface area contributed by atoms with Crippen LogP contribution in [-0.4, -0.2) is 33.9 Å². The molecule has 0 saturated carbocycles. The molecule has 0 atom stereocenters. The first-order chi connectivity index (χ1) is 13.2. The summed E-state index contributed by atoms with van der Waals surface area (Å²) in [5.74, 6) is 0.0345. The smallest absolute Gasteiger partial charge is 0.264 e. The van der Waals surface area contributed by atoms with Crippen LogP contribution in [-0.2, 0) is 12.1 Å². The van der Waals surface area contributed by atoms with E-state index in [0.29, 0.717) is 0 Å². The number of likely N-dealkylation sites (tertiary alicyclic amines) is 1. The van der Waals surface area contributed by atoms with E-state index in [1.165, 1.54) is 16.9 Å². The van der Waals surface area contributed by atoms with Gasteiger partial charge in [0.25, 0.3) is 5.91 Å². The number of piperidine rings is 1. The fourth-order valence-corrected chi connectivity index (χ4v) is 5.10. The predicted molar refractivity (Wildman–Crippen MR) is 105 cm³/mol. The minimum Gasteiger partial charge on any atom is -0.340 e. The van der Waals surface area contributed by atoms with Crippen LogP contribution in [0.1, 0.15) is 33.8 Å². The van der Waals surface area contributed by atoms with Crippen LogP contribution in [0.2, 0.25) is 0 Å². The van der Waals surface area contributed by atoms with Gasteiger partial charge in [0.2, 0.25) is 0 Å². The topological polar surface area (TPSA) is 58.1 Å². The third-order valence-electron chi connectivity index (χ3n) is 5.53. The Labute approximate surface area is 162 Å². The molecule has 1 spiro atoms. The number of thiazole rings is 1. The highest BCUT2D eigenvalue weighted by atomic mass is 32.1. The number of benzene rings is 1. The number of nitrogens with zero attached hydrogens (tertiary/aromatic N) is 3. The summed E-state index contributed by atoms with van der Waals surface area (Å²) >= 11 is 1.51. The normalized spacial score (nSPS) is 18.4. The quantitative estimate of drug-likeness (QED) is 0.761. The number of pyridine rings is 1. The van der Waals surface area contributed by atoms with Gasteiger partial charge < -0.3 is 5.32 Å². The number of carbonyl (C=O) groups is 1. The van der Waals surface area contributed by atoms with E-state index in [2.05, 4.69) is 39.5 Å². The van der Waals surface area contributed by atoms with E-state index in [-0.39, 0.29) is 11.4 Å². The summed E-state index contributed by atoms with van der Waals surface area (Å²) in [6.07, 6.45) is 5.47. The fraction of sp³-hybridized carbons (Fsp3) is 0.286. The third kappa shape index (κ3) is 2.95. The van der Waals surface area contributed by atoms with Gasteiger partial charge in [0.05, 0.1) is 11.2 Å². The molecular weight excluding hydrogens is 356 g/mol. The summed E-state index contributed by atoms with van der Waals surface area (Å²) in [5, 5.41) is 4.19. The average molecular weight is 376 g/mol. The minimum absolute atomic E-state index is 0.0345. The van der Waals surface area contributed by atoms with Crippen molar-refractivity contribution in [1.82, 2.24) is 20.2 Å². The number of fused-ring (bicyclic) bond motifs is 2. The summed E-state index contributed by atoms with van der Waals surface area (Å²) in [6.45, 7) is 2.81. The van der Waals surface area contributed by atoms with E-state index in [0.717, 1.165) is 53.6 Å². The standard InChI is InChI=1S/C21H20N4OS/c26-19-17-18(23-20(27-17)16-4-2-1-3-5-16)21(24-19)8-12-25(13-9-21)14-15-6-10-22-11-7-15/h1-7,10-11H,8-9,12-14H2,(H,24,26). The summed E-state index contributed by atoms with van der Waals surface area (Å²) < 4.78 is 0. The van der Waals surface area contributed by atoms with Crippen LogP contribution in [0.3, 0.4) is 0 Å². The molecule has 3 aromatic rings. The van der Waals surface area contributed by atoms with Gasteiger partial charge in [-0.15, -0.1) is 11.3 Å². The fourth-order valence-electron chi connectivity index (χ4n) is 4.04. The second-order valence-electron chi connectivity index (χ2n) is 7.23. The van der Waals surface area contributed by atoms with Crippen LogP contribution in [0.5, 0.6) is 0 Å². The summed E-state index contributed by atoms with van der Waals surface area (Å²) in [6, 6.07) is 14.2. The van der Waals surface area contributed by atoms with E-state index in [1.807, 2.05) is 30.6 Å².